The Morgan fingerprint density at radius 2 is 2.08 bits per heavy atom. The van der Waals surface area contributed by atoms with Crippen molar-refractivity contribution in [3.05, 3.63) is 33.1 Å². The van der Waals surface area contributed by atoms with Crippen LogP contribution in [0.3, 0.4) is 0 Å². The second-order valence-corrected chi connectivity index (χ2v) is 8.91. The predicted molar refractivity (Wildman–Crippen MR) is 97.3 cm³/mol. The van der Waals surface area contributed by atoms with Gasteiger partial charge in [-0.15, -0.1) is 11.3 Å². The number of thiophene rings is 1. The van der Waals surface area contributed by atoms with Gasteiger partial charge in [-0.3, -0.25) is 9.36 Å². The van der Waals surface area contributed by atoms with Crippen molar-refractivity contribution < 1.29 is 27.9 Å². The van der Waals surface area contributed by atoms with Crippen LogP contribution in [0.1, 0.15) is 34.5 Å². The summed E-state index contributed by atoms with van der Waals surface area (Å²) in [5.41, 5.74) is -4.08. The van der Waals surface area contributed by atoms with Crippen molar-refractivity contribution in [2.45, 2.75) is 24.9 Å². The lowest BCUT2D eigenvalue weighted by Gasteiger charge is -2.16. The molecule has 0 aliphatic heterocycles. The number of unbranched alkanes of at least 4 members (excludes halogenated alkanes) is 2. The molecule has 1 heterocycles. The van der Waals surface area contributed by atoms with Crippen molar-refractivity contribution in [1.82, 2.24) is 5.32 Å². The van der Waals surface area contributed by atoms with Crippen LogP contribution in [0.25, 0.3) is 10.1 Å². The third kappa shape index (κ3) is 4.30. The van der Waals surface area contributed by atoms with Crippen LogP contribution in [-0.2, 0) is 10.2 Å². The highest BCUT2D eigenvalue weighted by molar-refractivity contribution is 9.10. The number of amides is 1. The molecule has 26 heavy (non-hydrogen) atoms. The Labute approximate surface area is 160 Å². The summed E-state index contributed by atoms with van der Waals surface area (Å²) in [6.45, 7) is 0.380. The molecular formula is C15H14BrF2N2O4PS. The largest absolute Gasteiger partial charge is 0.400 e. The molecule has 3 N–H and O–H groups in total. The van der Waals surface area contributed by atoms with Gasteiger partial charge in [-0.1, -0.05) is 0 Å². The highest BCUT2D eigenvalue weighted by atomic mass is 79.9. The third-order valence-electron chi connectivity index (χ3n) is 3.53. The van der Waals surface area contributed by atoms with Crippen LogP contribution in [0.4, 0.5) is 8.78 Å². The second-order valence-electron chi connectivity index (χ2n) is 5.41. The fourth-order valence-corrected chi connectivity index (χ4v) is 5.09. The first-order valence-electron chi connectivity index (χ1n) is 7.40. The van der Waals surface area contributed by atoms with Gasteiger partial charge in [0.25, 0.3) is 5.91 Å². The molecule has 0 saturated heterocycles. The smallest absolute Gasteiger partial charge is 0.352 e. The zero-order valence-corrected chi connectivity index (χ0v) is 16.5. The van der Waals surface area contributed by atoms with E-state index in [9.17, 15) is 18.1 Å². The first-order chi connectivity index (χ1) is 12.1. The summed E-state index contributed by atoms with van der Waals surface area (Å²) < 4.78 is 39.3. The number of rotatable bonds is 7. The Bertz CT molecular complexity index is 922. The number of carbonyl (C=O) groups is 1. The topological polar surface area (TPSA) is 110 Å². The van der Waals surface area contributed by atoms with Gasteiger partial charge in [0.1, 0.15) is 4.88 Å². The van der Waals surface area contributed by atoms with Gasteiger partial charge in [0.05, 0.1) is 6.07 Å². The lowest BCUT2D eigenvalue weighted by atomic mass is 10.1. The fourth-order valence-electron chi connectivity index (χ4n) is 2.17. The molecule has 1 aromatic heterocycles. The lowest BCUT2D eigenvalue weighted by Crippen LogP contribution is -2.24. The molecule has 0 radical (unpaired) electrons. The van der Waals surface area contributed by atoms with Gasteiger partial charge in [0, 0.05) is 33.1 Å². The van der Waals surface area contributed by atoms with Crippen molar-refractivity contribution in [2.75, 3.05) is 6.54 Å². The van der Waals surface area contributed by atoms with E-state index in [0.717, 1.165) is 0 Å². The predicted octanol–water partition coefficient (Wildman–Crippen LogP) is 4.31. The Morgan fingerprint density at radius 3 is 2.69 bits per heavy atom. The Morgan fingerprint density at radius 1 is 1.38 bits per heavy atom. The number of nitrogens with one attached hydrogen (secondary N) is 1. The Kier molecular flexibility index (Phi) is 6.53. The molecule has 0 aliphatic rings. The van der Waals surface area contributed by atoms with Crippen LogP contribution in [0, 0.1) is 11.3 Å². The number of halogens is 3. The Balaban J connectivity index is 2.26. The molecule has 0 unspecified atom stereocenters. The minimum absolute atomic E-state index is 0.144. The first kappa shape index (κ1) is 20.9. The van der Waals surface area contributed by atoms with E-state index in [4.69, 9.17) is 15.0 Å². The monoisotopic (exact) mass is 466 g/mol. The molecule has 0 bridgehead atoms. The minimum Gasteiger partial charge on any atom is -0.352 e. The molecule has 2 aromatic rings. The van der Waals surface area contributed by atoms with E-state index in [2.05, 4.69) is 21.2 Å². The van der Waals surface area contributed by atoms with E-state index in [1.807, 2.05) is 6.07 Å². The zero-order chi connectivity index (χ0) is 19.5. The number of nitriles is 1. The van der Waals surface area contributed by atoms with Crippen LogP contribution in [-0.4, -0.2) is 22.2 Å². The molecule has 0 atom stereocenters. The minimum atomic E-state index is -5.68. The number of nitrogens with zero attached hydrogens (tertiary/aromatic N) is 1. The highest BCUT2D eigenvalue weighted by Gasteiger charge is 2.53. The maximum Gasteiger partial charge on any atom is 0.400 e. The maximum absolute atomic E-state index is 14.0. The van der Waals surface area contributed by atoms with E-state index in [-0.39, 0.29) is 15.4 Å². The molecule has 0 fully saturated rings. The van der Waals surface area contributed by atoms with Crippen molar-refractivity contribution in [2.24, 2.45) is 0 Å². The third-order valence-corrected chi connectivity index (χ3v) is 6.96. The van der Waals surface area contributed by atoms with E-state index in [1.54, 1.807) is 0 Å². The summed E-state index contributed by atoms with van der Waals surface area (Å²) in [5, 5.41) is 11.4. The number of hydrogen-bond acceptors (Lipinski definition) is 4. The van der Waals surface area contributed by atoms with Crippen molar-refractivity contribution >= 4 is 50.9 Å². The van der Waals surface area contributed by atoms with Gasteiger partial charge in [0.15, 0.2) is 0 Å². The first-order valence-corrected chi connectivity index (χ1v) is 10.6. The summed E-state index contributed by atoms with van der Waals surface area (Å²) in [4.78, 5) is 29.2. The maximum atomic E-state index is 14.0. The van der Waals surface area contributed by atoms with Gasteiger partial charge in [-0.25, -0.2) is 0 Å². The molecule has 6 nitrogen and oxygen atoms in total. The van der Waals surface area contributed by atoms with Crippen LogP contribution in [0.2, 0.25) is 0 Å². The number of alkyl halides is 2. The molecule has 1 aromatic carbocycles. The average Bonchev–Trinajstić information content (AvgIpc) is 2.90. The van der Waals surface area contributed by atoms with Crippen molar-refractivity contribution in [3.63, 3.8) is 0 Å². The molecule has 11 heteroatoms. The van der Waals surface area contributed by atoms with Crippen molar-refractivity contribution in [3.8, 4) is 6.07 Å². The molecule has 1 amide bonds. The zero-order valence-electron chi connectivity index (χ0n) is 13.2. The van der Waals surface area contributed by atoms with E-state index < -0.39 is 24.0 Å². The Hall–Kier alpha value is -1.37. The summed E-state index contributed by atoms with van der Waals surface area (Å²) >= 11 is 3.52. The summed E-state index contributed by atoms with van der Waals surface area (Å²) in [7, 11) is -5.68. The SMILES string of the molecule is N#CCCCCNC(=O)c1ccc2sc(C(F)(F)P(=O)(O)O)c(Br)c2c1. The highest BCUT2D eigenvalue weighted by Crippen LogP contribution is 2.62. The van der Waals surface area contributed by atoms with Gasteiger partial charge in [0.2, 0.25) is 0 Å². The molecule has 0 spiro atoms. The summed E-state index contributed by atoms with van der Waals surface area (Å²) in [5.74, 6) is -0.398. The van der Waals surface area contributed by atoms with Gasteiger partial charge in [-0.05, 0) is 47.0 Å². The molecule has 2 rings (SSSR count). The van der Waals surface area contributed by atoms with E-state index in [1.165, 1.54) is 18.2 Å². The lowest BCUT2D eigenvalue weighted by molar-refractivity contribution is 0.0595. The molecule has 0 saturated carbocycles. The van der Waals surface area contributed by atoms with Crippen LogP contribution >= 0.6 is 34.9 Å². The van der Waals surface area contributed by atoms with E-state index in [0.29, 0.717) is 41.8 Å². The van der Waals surface area contributed by atoms with Crippen LogP contribution in [0.5, 0.6) is 0 Å². The van der Waals surface area contributed by atoms with Gasteiger partial charge >= 0.3 is 13.3 Å². The standard InChI is InChI=1S/C15H14BrF2N2O4PS/c16-12-10-8-9(14(21)20-7-3-1-2-6-19)4-5-11(10)26-13(12)15(17,18)25(22,23)24/h4-5,8H,1-3,7H2,(H,20,21)(H2,22,23,24). The van der Waals surface area contributed by atoms with E-state index >= 15 is 0 Å². The quantitative estimate of drug-likeness (QED) is 0.415. The average molecular weight is 467 g/mol. The van der Waals surface area contributed by atoms with Crippen LogP contribution < -0.4 is 5.32 Å². The van der Waals surface area contributed by atoms with Crippen LogP contribution in [0.15, 0.2) is 22.7 Å². The second kappa shape index (κ2) is 8.11. The molecule has 0 aliphatic carbocycles. The number of hydrogen-bond donors (Lipinski definition) is 3. The van der Waals surface area contributed by atoms with Crippen molar-refractivity contribution in [1.29, 1.82) is 5.26 Å². The number of fused-ring (bicyclic) bond motifs is 1. The molecule has 140 valence electrons. The normalized spacial score (nSPS) is 12.2. The number of carbonyl (C=O) groups excluding carboxylic acids is 1. The summed E-state index contributed by atoms with van der Waals surface area (Å²) in [6.07, 6.45) is 1.70. The number of benzene rings is 1. The summed E-state index contributed by atoms with van der Waals surface area (Å²) in [6, 6.07) is 6.30. The fraction of sp³-hybridized carbons (Fsp3) is 0.333. The molecular weight excluding hydrogens is 453 g/mol. The van der Waals surface area contributed by atoms with Gasteiger partial charge < -0.3 is 15.1 Å². The van der Waals surface area contributed by atoms with Gasteiger partial charge in [-0.2, -0.15) is 14.0 Å².